The third-order valence-electron chi connectivity index (χ3n) is 27.3. The van der Waals surface area contributed by atoms with E-state index in [1.54, 1.807) is 11.1 Å². The topological polar surface area (TPSA) is 61.8 Å². The van der Waals surface area contributed by atoms with Crippen molar-refractivity contribution < 1.29 is 23.8 Å². The van der Waals surface area contributed by atoms with E-state index in [0.29, 0.717) is 34.7 Å². The molecule has 0 aliphatic heterocycles. The van der Waals surface area contributed by atoms with Crippen LogP contribution in [0.25, 0.3) is 0 Å². The van der Waals surface area contributed by atoms with Crippen LogP contribution in [0.3, 0.4) is 0 Å². The number of allylic oxidation sites excluding steroid dienone is 4. The first kappa shape index (κ1) is 73.4. The van der Waals surface area contributed by atoms with Crippen LogP contribution in [0.2, 0.25) is 0 Å². The molecule has 88 heavy (non-hydrogen) atoms. The van der Waals surface area contributed by atoms with E-state index in [4.69, 9.17) is 14.2 Å². The second-order valence-corrected chi connectivity index (χ2v) is 34.2. The first-order chi connectivity index (χ1) is 42.2. The molecule has 8 rings (SSSR count). The van der Waals surface area contributed by atoms with Crippen molar-refractivity contribution in [3.05, 3.63) is 35.5 Å². The Bertz CT molecular complexity index is 2150. The van der Waals surface area contributed by atoms with E-state index in [-0.39, 0.29) is 23.6 Å². The number of ether oxygens (including phenoxy) is 3. The normalized spacial score (nSPS) is 34.7. The maximum absolute atomic E-state index is 12.7. The molecule has 0 N–H and O–H groups in total. The molecule has 5 heteroatoms. The van der Waals surface area contributed by atoms with E-state index in [0.717, 1.165) is 116 Å². The van der Waals surface area contributed by atoms with Crippen molar-refractivity contribution in [2.45, 2.75) is 378 Å². The van der Waals surface area contributed by atoms with Gasteiger partial charge in [0, 0.05) is 19.3 Å². The number of carbonyl (C=O) groups is 2. The van der Waals surface area contributed by atoms with Gasteiger partial charge in [0.25, 0.3) is 0 Å². The molecule has 506 valence electrons. The van der Waals surface area contributed by atoms with Gasteiger partial charge < -0.3 is 14.2 Å². The van der Waals surface area contributed by atoms with Crippen molar-refractivity contribution in [1.82, 2.24) is 0 Å². The summed E-state index contributed by atoms with van der Waals surface area (Å²) in [6.07, 6.45) is 64.3. The van der Waals surface area contributed by atoms with Gasteiger partial charge in [-0.25, -0.2) is 4.79 Å². The summed E-state index contributed by atoms with van der Waals surface area (Å²) in [5.74, 6) is 9.50. The summed E-state index contributed by atoms with van der Waals surface area (Å²) in [6.45, 7) is 32.9. The van der Waals surface area contributed by atoms with Crippen LogP contribution in [-0.4, -0.2) is 30.9 Å². The highest BCUT2D eigenvalue weighted by Gasteiger charge is 2.64. The number of fused-ring (bicyclic) bond motifs is 10. The fourth-order valence-corrected chi connectivity index (χ4v) is 22.1. The van der Waals surface area contributed by atoms with E-state index in [1.165, 1.54) is 218 Å². The summed E-state index contributed by atoms with van der Waals surface area (Å²) >= 11 is 0. The Labute approximate surface area is 545 Å². The van der Waals surface area contributed by atoms with Crippen LogP contribution in [0.1, 0.15) is 366 Å². The van der Waals surface area contributed by atoms with Crippen molar-refractivity contribution >= 4 is 12.1 Å². The predicted molar refractivity (Wildman–Crippen MR) is 374 cm³/mol. The zero-order chi connectivity index (χ0) is 63.4. The largest absolute Gasteiger partial charge is 0.508 e. The smallest absolute Gasteiger partial charge is 0.462 e. The van der Waals surface area contributed by atoms with Crippen LogP contribution >= 0.6 is 0 Å². The summed E-state index contributed by atoms with van der Waals surface area (Å²) in [7, 11) is 0. The van der Waals surface area contributed by atoms with Gasteiger partial charge in [0.1, 0.15) is 12.2 Å². The average Bonchev–Trinajstić information content (AvgIpc) is 1.28. The number of hydrogen-bond acceptors (Lipinski definition) is 5. The lowest BCUT2D eigenvalue weighted by Gasteiger charge is -2.63. The molecule has 0 saturated heterocycles. The molecule has 6 fully saturated rings. The molecule has 0 aromatic heterocycles. The second-order valence-electron chi connectivity index (χ2n) is 34.2. The lowest BCUT2D eigenvalue weighted by molar-refractivity contribution is -0.151. The standard InChI is InChI=1S/C47H82O3.C36H62O2/c1-8-9-10-11-12-13-14-15-16-17-18-19-20-21-22-23-35-49-44(48)50-40-30-33-45(5)39(36-40)29-32-47(7)42-28-27-41(38(4)26-24-25-37(2)3)46(42,6)34-31-43(45)47;1-7-8-9-10-11-12-16-34(37)38-29-21-23-35(5)28(25-29)17-18-30-32-20-19-31(27(4)15-13-14-26(2)3)36(32,6)24-22-33(30)35/h15-16,29,37-38,40-43H,8-14,17-28,30-36H2,1-7H3;17,26-27,29-33H,7-16,18-25H2,1-6H3/b16-15+;/t38-,40+,41-,42-,43-,45+,46-,47+;27-,29+,30+,31-,32+,33+,35+,36-/m11/s1. The van der Waals surface area contributed by atoms with Crippen LogP contribution in [-0.2, 0) is 19.0 Å². The zero-order valence-corrected chi connectivity index (χ0v) is 60.5. The highest BCUT2D eigenvalue weighted by molar-refractivity contribution is 5.69. The van der Waals surface area contributed by atoms with Gasteiger partial charge >= 0.3 is 12.1 Å². The van der Waals surface area contributed by atoms with Crippen LogP contribution in [0.5, 0.6) is 0 Å². The summed E-state index contributed by atoms with van der Waals surface area (Å²) < 4.78 is 17.5. The van der Waals surface area contributed by atoms with E-state index in [1.807, 2.05) is 0 Å². The summed E-state index contributed by atoms with van der Waals surface area (Å²) in [5.41, 5.74) is 5.27. The van der Waals surface area contributed by atoms with Gasteiger partial charge in [-0.2, -0.15) is 0 Å². The lowest BCUT2D eigenvalue weighted by atomic mass is 9.41. The maximum atomic E-state index is 12.7. The zero-order valence-electron chi connectivity index (χ0n) is 60.5. The Hall–Kier alpha value is -2.04. The first-order valence-electron chi connectivity index (χ1n) is 39.3. The second kappa shape index (κ2) is 35.5. The van der Waals surface area contributed by atoms with Gasteiger partial charge in [0.2, 0.25) is 0 Å². The van der Waals surface area contributed by atoms with Crippen molar-refractivity contribution in [2.24, 2.45) is 92.2 Å². The first-order valence-corrected chi connectivity index (χ1v) is 39.3. The summed E-state index contributed by atoms with van der Waals surface area (Å²) in [6, 6.07) is 0. The van der Waals surface area contributed by atoms with E-state index >= 15 is 0 Å². The van der Waals surface area contributed by atoms with Crippen molar-refractivity contribution in [3.63, 3.8) is 0 Å². The molecule has 0 heterocycles. The number of rotatable bonds is 35. The minimum atomic E-state index is -0.444. The average molecular weight is 1220 g/mol. The van der Waals surface area contributed by atoms with E-state index in [2.05, 4.69) is 114 Å². The fourth-order valence-electron chi connectivity index (χ4n) is 22.1. The third-order valence-corrected chi connectivity index (χ3v) is 27.3. The Morgan fingerprint density at radius 2 is 1.01 bits per heavy atom. The lowest BCUT2D eigenvalue weighted by Crippen LogP contribution is -2.56. The molecule has 0 radical (unpaired) electrons. The molecule has 6 saturated carbocycles. The third kappa shape index (κ3) is 19.1. The van der Waals surface area contributed by atoms with Gasteiger partial charge in [-0.1, -0.05) is 254 Å². The number of esters is 1. The van der Waals surface area contributed by atoms with Crippen LogP contribution in [0.15, 0.2) is 35.5 Å². The number of carbonyl (C=O) groups excluding carboxylic acids is 2. The Morgan fingerprint density at radius 1 is 0.489 bits per heavy atom. The number of unbranched alkanes of at least 4 members (excludes halogenated alkanes) is 17. The molecule has 0 aromatic carbocycles. The van der Waals surface area contributed by atoms with Crippen molar-refractivity contribution in [1.29, 1.82) is 0 Å². The maximum Gasteiger partial charge on any atom is 0.508 e. The highest BCUT2D eigenvalue weighted by atomic mass is 16.7. The molecule has 0 amide bonds. The minimum Gasteiger partial charge on any atom is -0.462 e. The summed E-state index contributed by atoms with van der Waals surface area (Å²) in [5, 5.41) is 0. The van der Waals surface area contributed by atoms with Gasteiger partial charge in [0.15, 0.2) is 0 Å². The SMILES string of the molecule is CCCCCCCC/C=C/CCCCCCCCOC(=O)O[C@H]1CC[C@@]2(C)C(=CC[C@@]3(C)[C@@H]4CC[C@H]([C@H](C)CCCC(C)C)[C@@]4(C)CC[C@@H]32)C1.CCCCCCCCC(=O)O[C@H]1CC[C@@]2(C)C(=CC[C@H]3[C@@H]4CC[C@H]([C@H](C)CCCC(C)C)[C@@]4(C)CC[C@@H]32)C1. The monoisotopic (exact) mass is 1220 g/mol. The Morgan fingerprint density at radius 3 is 1.62 bits per heavy atom. The Balaban J connectivity index is 0.000000260. The molecule has 8 aliphatic carbocycles. The van der Waals surface area contributed by atoms with Crippen LogP contribution in [0.4, 0.5) is 4.79 Å². The molecule has 0 spiro atoms. The fraction of sp³-hybridized carbons (Fsp3) is 0.904. The molecule has 8 aliphatic rings. The van der Waals surface area contributed by atoms with Crippen LogP contribution in [0, 0.1) is 92.2 Å². The van der Waals surface area contributed by atoms with E-state index < -0.39 is 6.16 Å². The van der Waals surface area contributed by atoms with Gasteiger partial charge in [-0.15, -0.1) is 0 Å². The minimum absolute atomic E-state index is 0.0255. The molecular formula is C83H144O5. The quantitative estimate of drug-likeness (QED) is 0.0359. The molecular weight excluding hydrogens is 1080 g/mol. The van der Waals surface area contributed by atoms with Crippen molar-refractivity contribution in [2.75, 3.05) is 6.61 Å². The van der Waals surface area contributed by atoms with Crippen molar-refractivity contribution in [3.8, 4) is 0 Å². The molecule has 5 nitrogen and oxygen atoms in total. The van der Waals surface area contributed by atoms with Gasteiger partial charge in [-0.3, -0.25) is 4.79 Å². The van der Waals surface area contributed by atoms with Crippen LogP contribution < -0.4 is 0 Å². The highest BCUT2D eigenvalue weighted by Crippen LogP contribution is 2.72. The molecule has 0 aromatic rings. The van der Waals surface area contributed by atoms with Gasteiger partial charge in [-0.05, 0) is 221 Å². The van der Waals surface area contributed by atoms with Gasteiger partial charge in [0.05, 0.1) is 6.61 Å². The summed E-state index contributed by atoms with van der Waals surface area (Å²) in [4.78, 5) is 25.2. The molecule has 16 atom stereocenters. The predicted octanol–water partition coefficient (Wildman–Crippen LogP) is 25.7. The Kier molecular flexibility index (Phi) is 29.6. The molecule has 0 unspecified atom stereocenters. The molecule has 0 bridgehead atoms. The number of hydrogen-bond donors (Lipinski definition) is 0. The van der Waals surface area contributed by atoms with E-state index in [9.17, 15) is 9.59 Å².